The number of nitrogens with one attached hydrogen (secondary N) is 3. The molecule has 2 aliphatic rings. The van der Waals surface area contributed by atoms with Gasteiger partial charge in [0.05, 0.1) is 31.7 Å². The molecule has 3 N–H and O–H groups in total. The first-order chi connectivity index (χ1) is 15.0. The first kappa shape index (κ1) is 26.4. The molecule has 0 saturated carbocycles. The third-order valence-electron chi connectivity index (χ3n) is 4.47. The average molecular weight is 587 g/mol. The van der Waals surface area contributed by atoms with Crippen molar-refractivity contribution in [2.75, 3.05) is 57.3 Å². The van der Waals surface area contributed by atoms with Gasteiger partial charge < -0.3 is 20.9 Å². The van der Waals surface area contributed by atoms with Crippen molar-refractivity contribution >= 4 is 51.5 Å². The molecular formula is C20H27Cl2F2IN6. The maximum atomic E-state index is 13.6. The van der Waals surface area contributed by atoms with Crippen LogP contribution in [-0.2, 0) is 0 Å². The predicted octanol–water partition coefficient (Wildman–Crippen LogP) is 3.72. The van der Waals surface area contributed by atoms with Crippen LogP contribution in [0.3, 0.4) is 0 Å². The van der Waals surface area contributed by atoms with E-state index in [0.717, 1.165) is 51.9 Å². The van der Waals surface area contributed by atoms with Gasteiger partial charge >= 0.3 is 0 Å². The molecule has 0 spiro atoms. The summed E-state index contributed by atoms with van der Waals surface area (Å²) in [6.45, 7) is 8.09. The zero-order valence-electron chi connectivity index (χ0n) is 17.1. The van der Waals surface area contributed by atoms with Gasteiger partial charge in [0.1, 0.15) is 0 Å². The smallest absolute Gasteiger partial charge is 0.166 e. The van der Waals surface area contributed by atoms with Gasteiger partial charge in [-0.15, -0.1) is 0 Å². The SMILES string of the molecule is C1CNCCNC1.Fc1cncc(Cl)c1I.Fc1cncc(Cl)c1N1CCCNCC1. The molecule has 2 aromatic rings. The van der Waals surface area contributed by atoms with Gasteiger partial charge in [-0.2, -0.15) is 0 Å². The van der Waals surface area contributed by atoms with E-state index in [2.05, 4.69) is 25.9 Å². The standard InChI is InChI=1S/C10H13ClFN3.C5H2ClFIN.C5H12N2/c11-8-6-14-7-9(12)10(8)15-4-1-2-13-3-5-15;6-3-1-9-2-4(7)5(3)8;1-2-6-4-5-7-3-1/h6-7,13H,1-5H2;1-2H;6-7H,1-5H2. The van der Waals surface area contributed by atoms with Gasteiger partial charge in [-0.1, -0.05) is 23.2 Å². The quantitative estimate of drug-likeness (QED) is 0.443. The van der Waals surface area contributed by atoms with Gasteiger partial charge in [-0.3, -0.25) is 9.97 Å². The second-order valence-corrected chi connectivity index (χ2v) is 8.71. The lowest BCUT2D eigenvalue weighted by molar-refractivity contribution is 0.612. The number of halogens is 5. The molecule has 0 aliphatic carbocycles. The maximum absolute atomic E-state index is 13.6. The van der Waals surface area contributed by atoms with Crippen molar-refractivity contribution < 1.29 is 8.78 Å². The van der Waals surface area contributed by atoms with E-state index < -0.39 is 0 Å². The molecule has 0 bridgehead atoms. The van der Waals surface area contributed by atoms with E-state index >= 15 is 0 Å². The number of hydrogen-bond donors (Lipinski definition) is 3. The lowest BCUT2D eigenvalue weighted by atomic mass is 10.3. The molecule has 172 valence electrons. The van der Waals surface area contributed by atoms with Crippen LogP contribution in [0.1, 0.15) is 12.8 Å². The third-order valence-corrected chi connectivity index (χ3v) is 6.44. The van der Waals surface area contributed by atoms with Crippen LogP contribution < -0.4 is 20.9 Å². The fraction of sp³-hybridized carbons (Fsp3) is 0.500. The second kappa shape index (κ2) is 15.1. The Morgan fingerprint density at radius 1 is 0.742 bits per heavy atom. The number of hydrogen-bond acceptors (Lipinski definition) is 6. The van der Waals surface area contributed by atoms with E-state index in [0.29, 0.717) is 19.3 Å². The molecule has 31 heavy (non-hydrogen) atoms. The number of rotatable bonds is 1. The van der Waals surface area contributed by atoms with E-state index in [-0.39, 0.29) is 11.6 Å². The molecule has 4 heterocycles. The van der Waals surface area contributed by atoms with Gasteiger partial charge in [0, 0.05) is 45.1 Å². The summed E-state index contributed by atoms with van der Waals surface area (Å²) in [5, 5.41) is 10.6. The molecule has 2 aliphatic heterocycles. The van der Waals surface area contributed by atoms with Gasteiger partial charge in [0.2, 0.25) is 0 Å². The summed E-state index contributed by atoms with van der Waals surface area (Å²) >= 11 is 13.3. The Hall–Kier alpha value is -0.850. The van der Waals surface area contributed by atoms with E-state index in [1.54, 1.807) is 0 Å². The van der Waals surface area contributed by atoms with Crippen molar-refractivity contribution in [2.24, 2.45) is 0 Å². The maximum Gasteiger partial charge on any atom is 0.166 e. The molecular weight excluding hydrogens is 560 g/mol. The van der Waals surface area contributed by atoms with Gasteiger partial charge in [0.15, 0.2) is 11.6 Å². The van der Waals surface area contributed by atoms with E-state index in [9.17, 15) is 8.78 Å². The van der Waals surface area contributed by atoms with Crippen molar-refractivity contribution in [1.29, 1.82) is 0 Å². The lowest BCUT2D eigenvalue weighted by Crippen LogP contribution is -2.28. The Labute approximate surface area is 205 Å². The largest absolute Gasteiger partial charge is 0.367 e. The minimum Gasteiger partial charge on any atom is -0.367 e. The number of nitrogens with zero attached hydrogens (tertiary/aromatic N) is 3. The molecule has 0 unspecified atom stereocenters. The Morgan fingerprint density at radius 2 is 1.32 bits per heavy atom. The van der Waals surface area contributed by atoms with Gasteiger partial charge in [-0.25, -0.2) is 8.78 Å². The average Bonchev–Trinajstić information content (AvgIpc) is 3.21. The van der Waals surface area contributed by atoms with Crippen molar-refractivity contribution in [2.45, 2.75) is 12.8 Å². The first-order valence-corrected chi connectivity index (χ1v) is 11.9. The number of pyridine rings is 2. The van der Waals surface area contributed by atoms with Crippen molar-refractivity contribution in [1.82, 2.24) is 25.9 Å². The second-order valence-electron chi connectivity index (χ2n) is 6.81. The number of aromatic nitrogens is 2. The fourth-order valence-electron chi connectivity index (χ4n) is 2.94. The summed E-state index contributed by atoms with van der Waals surface area (Å²) in [6, 6.07) is 0. The Morgan fingerprint density at radius 3 is 1.94 bits per heavy atom. The van der Waals surface area contributed by atoms with Crippen LogP contribution in [0, 0.1) is 15.2 Å². The van der Waals surface area contributed by atoms with Gasteiger partial charge in [0.25, 0.3) is 0 Å². The van der Waals surface area contributed by atoms with Crippen LogP contribution in [0.4, 0.5) is 14.5 Å². The Bertz CT molecular complexity index is 734. The molecule has 2 aromatic heterocycles. The topological polar surface area (TPSA) is 65.1 Å². The monoisotopic (exact) mass is 586 g/mol. The van der Waals surface area contributed by atoms with Crippen molar-refractivity contribution in [3.63, 3.8) is 0 Å². The summed E-state index contributed by atoms with van der Waals surface area (Å²) in [5.41, 5.74) is 0.482. The molecule has 4 rings (SSSR count). The van der Waals surface area contributed by atoms with Crippen LogP contribution in [0.15, 0.2) is 24.8 Å². The minimum absolute atomic E-state index is 0.343. The zero-order valence-corrected chi connectivity index (χ0v) is 20.8. The fourth-order valence-corrected chi connectivity index (χ4v) is 3.63. The molecule has 2 saturated heterocycles. The zero-order chi connectivity index (χ0) is 22.5. The highest BCUT2D eigenvalue weighted by molar-refractivity contribution is 14.1. The molecule has 0 aromatic carbocycles. The number of anilines is 1. The van der Waals surface area contributed by atoms with Crippen LogP contribution in [-0.4, -0.2) is 62.3 Å². The third kappa shape index (κ3) is 9.67. The molecule has 0 amide bonds. The predicted molar refractivity (Wildman–Crippen MR) is 131 cm³/mol. The minimum atomic E-state index is -0.372. The van der Waals surface area contributed by atoms with E-state index in [4.69, 9.17) is 23.2 Å². The highest BCUT2D eigenvalue weighted by Gasteiger charge is 2.16. The van der Waals surface area contributed by atoms with Crippen LogP contribution in [0.25, 0.3) is 0 Å². The summed E-state index contributed by atoms with van der Waals surface area (Å²) in [6.07, 6.45) is 7.51. The van der Waals surface area contributed by atoms with E-state index in [1.165, 1.54) is 38.1 Å². The van der Waals surface area contributed by atoms with Crippen LogP contribution >= 0.6 is 45.8 Å². The molecule has 6 nitrogen and oxygen atoms in total. The summed E-state index contributed by atoms with van der Waals surface area (Å²) in [7, 11) is 0. The summed E-state index contributed by atoms with van der Waals surface area (Å²) in [4.78, 5) is 9.22. The highest BCUT2D eigenvalue weighted by atomic mass is 127. The summed E-state index contributed by atoms with van der Waals surface area (Å²) < 4.78 is 26.4. The summed E-state index contributed by atoms with van der Waals surface area (Å²) in [5.74, 6) is -0.715. The van der Waals surface area contributed by atoms with Crippen LogP contribution in [0.5, 0.6) is 0 Å². The van der Waals surface area contributed by atoms with Gasteiger partial charge in [-0.05, 0) is 55.1 Å². The molecule has 11 heteroatoms. The Kier molecular flexibility index (Phi) is 12.8. The van der Waals surface area contributed by atoms with Crippen molar-refractivity contribution in [3.05, 3.63) is 50.0 Å². The Balaban J connectivity index is 0.000000181. The highest BCUT2D eigenvalue weighted by Crippen LogP contribution is 2.27. The van der Waals surface area contributed by atoms with Crippen LogP contribution in [0.2, 0.25) is 10.0 Å². The van der Waals surface area contributed by atoms with Crippen molar-refractivity contribution in [3.8, 4) is 0 Å². The molecule has 0 radical (unpaired) electrons. The van der Waals surface area contributed by atoms with E-state index in [1.807, 2.05) is 27.5 Å². The molecule has 0 atom stereocenters. The lowest BCUT2D eigenvalue weighted by Gasteiger charge is -2.23. The first-order valence-electron chi connectivity index (χ1n) is 10.1. The normalized spacial score (nSPS) is 16.7. The molecule has 2 fully saturated rings.